The van der Waals surface area contributed by atoms with Crippen LogP contribution in [0.3, 0.4) is 0 Å². The first-order valence-electron chi connectivity index (χ1n) is 11.1. The summed E-state index contributed by atoms with van der Waals surface area (Å²) in [5.74, 6) is 3.08. The Hall–Kier alpha value is -3.06. The summed E-state index contributed by atoms with van der Waals surface area (Å²) in [6.45, 7) is 5.39. The fourth-order valence-corrected chi connectivity index (χ4v) is 4.72. The lowest BCUT2D eigenvalue weighted by Crippen LogP contribution is -2.38. The quantitative estimate of drug-likeness (QED) is 0.690. The lowest BCUT2D eigenvalue weighted by atomic mass is 9.96. The molecule has 2 aliphatic rings. The number of benzene rings is 1. The molecular weight excluding hydrogens is 388 g/mol. The number of anilines is 1. The van der Waals surface area contributed by atoms with Gasteiger partial charge < -0.3 is 4.98 Å². The Balaban J connectivity index is 1.42. The number of likely N-dealkylation sites (tertiary alicyclic amines) is 1. The van der Waals surface area contributed by atoms with E-state index < -0.39 is 0 Å². The number of carbonyl (C=O) groups is 1. The summed E-state index contributed by atoms with van der Waals surface area (Å²) in [4.78, 5) is 34.6. The number of fused-ring (bicyclic) bond motifs is 1. The van der Waals surface area contributed by atoms with E-state index in [1.54, 1.807) is 6.20 Å². The van der Waals surface area contributed by atoms with Gasteiger partial charge in [-0.2, -0.15) is 0 Å². The van der Waals surface area contributed by atoms with Gasteiger partial charge in [0.15, 0.2) is 0 Å². The van der Waals surface area contributed by atoms with Crippen LogP contribution in [0.1, 0.15) is 53.7 Å². The first-order chi connectivity index (χ1) is 15.2. The van der Waals surface area contributed by atoms with Crippen LogP contribution in [0.5, 0.6) is 0 Å². The lowest BCUT2D eigenvalue weighted by molar-refractivity contribution is -0.119. The van der Waals surface area contributed by atoms with E-state index >= 15 is 0 Å². The smallest absolute Gasteiger partial charge is 0.228 e. The highest BCUT2D eigenvalue weighted by Gasteiger charge is 2.31. The lowest BCUT2D eigenvalue weighted by Gasteiger charge is -2.33. The van der Waals surface area contributed by atoms with Gasteiger partial charge in [0.05, 0.1) is 13.1 Å². The molecule has 0 saturated carbocycles. The van der Waals surface area contributed by atoms with Crippen LogP contribution in [0.25, 0.3) is 0 Å². The molecule has 4 heterocycles. The summed E-state index contributed by atoms with van der Waals surface area (Å²) in [5.41, 5.74) is 3.24. The Morgan fingerprint density at radius 1 is 1.13 bits per heavy atom. The molecule has 1 amide bonds. The maximum absolute atomic E-state index is 12.8. The molecule has 1 fully saturated rings. The zero-order valence-electron chi connectivity index (χ0n) is 17.9. The van der Waals surface area contributed by atoms with Gasteiger partial charge in [-0.15, -0.1) is 0 Å². The number of hydrogen-bond donors (Lipinski definition) is 1. The number of nitrogens with zero attached hydrogens (tertiary/aromatic N) is 5. The molecule has 31 heavy (non-hydrogen) atoms. The van der Waals surface area contributed by atoms with E-state index in [2.05, 4.69) is 33.9 Å². The number of nitrogens with one attached hydrogen (secondary N) is 1. The molecule has 2 aliphatic heterocycles. The van der Waals surface area contributed by atoms with Gasteiger partial charge in [0.2, 0.25) is 5.91 Å². The van der Waals surface area contributed by atoms with Gasteiger partial charge in [0, 0.05) is 42.5 Å². The Kier molecular flexibility index (Phi) is 5.51. The number of aromatic amines is 1. The highest BCUT2D eigenvalue weighted by Crippen LogP contribution is 2.33. The number of aryl methyl sites for hydroxylation is 1. The highest BCUT2D eigenvalue weighted by molar-refractivity contribution is 5.95. The fraction of sp³-hybridized carbons (Fsp3) is 0.417. The first-order valence-corrected chi connectivity index (χ1v) is 11.1. The SMILES string of the molecule is Cc1nc([C@@H]2CCCN(Cc3ncc[nH]3)C2)nc2c1CCC(=O)N2Cc1ccccc1. The van der Waals surface area contributed by atoms with Gasteiger partial charge in [-0.25, -0.2) is 15.0 Å². The molecule has 1 atom stereocenters. The second kappa shape index (κ2) is 8.59. The summed E-state index contributed by atoms with van der Waals surface area (Å²) < 4.78 is 0. The van der Waals surface area contributed by atoms with E-state index in [1.807, 2.05) is 29.3 Å². The zero-order valence-corrected chi connectivity index (χ0v) is 17.9. The van der Waals surface area contributed by atoms with Gasteiger partial charge in [0.25, 0.3) is 0 Å². The minimum Gasteiger partial charge on any atom is -0.348 e. The predicted octanol–water partition coefficient (Wildman–Crippen LogP) is 3.37. The van der Waals surface area contributed by atoms with Crippen molar-refractivity contribution in [3.8, 4) is 0 Å². The molecule has 1 N–H and O–H groups in total. The molecule has 1 aromatic carbocycles. The molecule has 7 nitrogen and oxygen atoms in total. The van der Waals surface area contributed by atoms with Crippen LogP contribution < -0.4 is 4.90 Å². The molecule has 7 heteroatoms. The van der Waals surface area contributed by atoms with Crippen molar-refractivity contribution in [2.45, 2.75) is 51.6 Å². The molecule has 5 rings (SSSR count). The van der Waals surface area contributed by atoms with Crippen LogP contribution in [0.4, 0.5) is 5.82 Å². The van der Waals surface area contributed by atoms with Crippen molar-refractivity contribution in [3.63, 3.8) is 0 Å². The summed E-state index contributed by atoms with van der Waals surface area (Å²) in [7, 11) is 0. The van der Waals surface area contributed by atoms with E-state index in [1.165, 1.54) is 0 Å². The van der Waals surface area contributed by atoms with Gasteiger partial charge in [-0.3, -0.25) is 14.6 Å². The topological polar surface area (TPSA) is 78.0 Å². The number of hydrogen-bond acceptors (Lipinski definition) is 5. The van der Waals surface area contributed by atoms with Crippen molar-refractivity contribution < 1.29 is 4.79 Å². The molecule has 2 aromatic heterocycles. The second-order valence-corrected chi connectivity index (χ2v) is 8.54. The fourth-order valence-electron chi connectivity index (χ4n) is 4.72. The average Bonchev–Trinajstić information content (AvgIpc) is 3.29. The van der Waals surface area contributed by atoms with E-state index in [0.717, 1.165) is 73.2 Å². The molecule has 0 spiro atoms. The summed E-state index contributed by atoms with van der Waals surface area (Å²) >= 11 is 0. The van der Waals surface area contributed by atoms with E-state index in [-0.39, 0.29) is 11.8 Å². The summed E-state index contributed by atoms with van der Waals surface area (Å²) in [6, 6.07) is 10.1. The van der Waals surface area contributed by atoms with Crippen molar-refractivity contribution in [2.75, 3.05) is 18.0 Å². The number of piperidine rings is 1. The number of H-pyrrole nitrogens is 1. The summed E-state index contributed by atoms with van der Waals surface area (Å²) in [5, 5.41) is 0. The van der Waals surface area contributed by atoms with E-state index in [9.17, 15) is 4.79 Å². The number of amides is 1. The predicted molar refractivity (Wildman–Crippen MR) is 119 cm³/mol. The van der Waals surface area contributed by atoms with Crippen molar-refractivity contribution in [2.24, 2.45) is 0 Å². The highest BCUT2D eigenvalue weighted by atomic mass is 16.2. The van der Waals surface area contributed by atoms with Gasteiger partial charge >= 0.3 is 0 Å². The molecule has 0 bridgehead atoms. The Morgan fingerprint density at radius 2 is 2.00 bits per heavy atom. The average molecular weight is 417 g/mol. The third kappa shape index (κ3) is 4.23. The molecule has 0 unspecified atom stereocenters. The minimum atomic E-state index is 0.142. The van der Waals surface area contributed by atoms with Crippen molar-refractivity contribution in [1.82, 2.24) is 24.8 Å². The largest absolute Gasteiger partial charge is 0.348 e. The van der Waals surface area contributed by atoms with Gasteiger partial charge in [-0.1, -0.05) is 30.3 Å². The number of rotatable bonds is 5. The third-order valence-electron chi connectivity index (χ3n) is 6.34. The van der Waals surface area contributed by atoms with Crippen LogP contribution >= 0.6 is 0 Å². The van der Waals surface area contributed by atoms with Crippen molar-refractivity contribution in [1.29, 1.82) is 0 Å². The van der Waals surface area contributed by atoms with Crippen molar-refractivity contribution >= 4 is 11.7 Å². The van der Waals surface area contributed by atoms with Crippen molar-refractivity contribution in [3.05, 3.63) is 71.2 Å². The van der Waals surface area contributed by atoms with Crippen LogP contribution in [0.2, 0.25) is 0 Å². The summed E-state index contributed by atoms with van der Waals surface area (Å²) in [6.07, 6.45) is 7.08. The van der Waals surface area contributed by atoms with Crippen LogP contribution in [-0.4, -0.2) is 43.8 Å². The van der Waals surface area contributed by atoms with Crippen LogP contribution in [0.15, 0.2) is 42.7 Å². The second-order valence-electron chi connectivity index (χ2n) is 8.54. The van der Waals surface area contributed by atoms with E-state index in [0.29, 0.717) is 13.0 Å². The minimum absolute atomic E-state index is 0.142. The molecule has 160 valence electrons. The number of carbonyl (C=O) groups excluding carboxylic acids is 1. The van der Waals surface area contributed by atoms with Gasteiger partial charge in [-0.05, 0) is 38.3 Å². The zero-order chi connectivity index (χ0) is 21.2. The standard InChI is InChI=1S/C24H28N6O/c1-17-20-9-10-22(31)30(14-18-6-3-2-4-7-18)24(20)28-23(27-17)19-8-5-13-29(15-19)16-21-25-11-12-26-21/h2-4,6-7,11-12,19H,5,8-10,13-16H2,1H3,(H,25,26)/t19-/m1/s1. The molecule has 0 aliphatic carbocycles. The third-order valence-corrected chi connectivity index (χ3v) is 6.34. The van der Waals surface area contributed by atoms with Crippen LogP contribution in [0, 0.1) is 6.92 Å². The molecular formula is C24H28N6O. The maximum atomic E-state index is 12.8. The van der Waals surface area contributed by atoms with Crippen LogP contribution in [-0.2, 0) is 24.3 Å². The van der Waals surface area contributed by atoms with E-state index in [4.69, 9.17) is 9.97 Å². The first kappa shape index (κ1) is 19.9. The maximum Gasteiger partial charge on any atom is 0.228 e. The molecule has 0 radical (unpaired) electrons. The number of aromatic nitrogens is 4. The molecule has 3 aromatic rings. The Morgan fingerprint density at radius 3 is 2.81 bits per heavy atom. The normalized spacial score (nSPS) is 19.5. The Bertz CT molecular complexity index is 1050. The van der Waals surface area contributed by atoms with Gasteiger partial charge in [0.1, 0.15) is 17.5 Å². The number of imidazole rings is 1. The molecule has 1 saturated heterocycles. The monoisotopic (exact) mass is 416 g/mol. The Labute approximate surface area is 182 Å².